The fourth-order valence-electron chi connectivity index (χ4n) is 2.17. The van der Waals surface area contributed by atoms with Gasteiger partial charge in [0.05, 0.1) is 19.4 Å². The molecule has 23 heavy (non-hydrogen) atoms. The first-order chi connectivity index (χ1) is 10.9. The van der Waals surface area contributed by atoms with Crippen LogP contribution >= 0.6 is 0 Å². The number of aliphatic hydroxyl groups is 1. The van der Waals surface area contributed by atoms with E-state index in [0.29, 0.717) is 0 Å². The van der Waals surface area contributed by atoms with E-state index >= 15 is 0 Å². The summed E-state index contributed by atoms with van der Waals surface area (Å²) >= 11 is 0. The number of carbonyl (C=O) groups is 1. The molecule has 0 aliphatic carbocycles. The lowest BCUT2D eigenvalue weighted by Gasteiger charge is -2.30. The molecule has 11 heteroatoms. The molecule has 2 rings (SSSR count). The zero-order valence-electron chi connectivity index (χ0n) is 12.7. The van der Waals surface area contributed by atoms with Crippen molar-refractivity contribution in [2.45, 2.75) is 10.5 Å². The van der Waals surface area contributed by atoms with Crippen molar-refractivity contribution in [1.82, 2.24) is 19.8 Å². The molecule has 1 atom stereocenters. The lowest BCUT2D eigenvalue weighted by Crippen LogP contribution is -2.53. The summed E-state index contributed by atoms with van der Waals surface area (Å²) in [7, 11) is -2.42. The standard InChI is InChI=1S/C12H20N4O6S/c1-21-6-11(17)13-7-12(18)8-16(2-3-22-9-12)23(19,20)10-4-14-15-5-10/h4-5,18H,2-3,6-9H2,1H3,(H,13,17)(H,14,15)/t12-/m0/s1. The number of aromatic nitrogens is 2. The third kappa shape index (κ3) is 4.48. The molecule has 0 spiro atoms. The number of sulfonamides is 1. The largest absolute Gasteiger partial charge is 0.384 e. The topological polar surface area (TPSA) is 134 Å². The lowest BCUT2D eigenvalue weighted by atomic mass is 10.1. The van der Waals surface area contributed by atoms with Gasteiger partial charge in [0.25, 0.3) is 0 Å². The summed E-state index contributed by atoms with van der Waals surface area (Å²) in [5.41, 5.74) is -1.53. The van der Waals surface area contributed by atoms with Crippen LogP contribution in [0.1, 0.15) is 0 Å². The van der Waals surface area contributed by atoms with Gasteiger partial charge in [0.1, 0.15) is 17.1 Å². The predicted molar refractivity (Wildman–Crippen MR) is 78.0 cm³/mol. The number of methoxy groups -OCH3 is 1. The molecule has 1 saturated heterocycles. The molecule has 1 amide bonds. The molecule has 0 radical (unpaired) electrons. The normalized spacial score (nSPS) is 23.4. The van der Waals surface area contributed by atoms with Crippen LogP contribution in [0.25, 0.3) is 0 Å². The van der Waals surface area contributed by atoms with E-state index in [4.69, 9.17) is 4.74 Å². The molecule has 1 aromatic rings. The quantitative estimate of drug-likeness (QED) is 0.537. The van der Waals surface area contributed by atoms with E-state index in [1.54, 1.807) is 0 Å². The van der Waals surface area contributed by atoms with E-state index in [-0.39, 0.29) is 44.4 Å². The van der Waals surface area contributed by atoms with Gasteiger partial charge in [-0.2, -0.15) is 9.40 Å². The number of nitrogens with one attached hydrogen (secondary N) is 2. The van der Waals surface area contributed by atoms with Crippen molar-refractivity contribution in [2.75, 3.05) is 46.6 Å². The second-order valence-corrected chi connectivity index (χ2v) is 7.20. The Bertz CT molecular complexity index is 620. The third-order valence-corrected chi connectivity index (χ3v) is 5.14. The van der Waals surface area contributed by atoms with E-state index in [1.807, 2.05) is 0 Å². The molecule has 1 aromatic heterocycles. The molecule has 1 aliphatic rings. The molecule has 10 nitrogen and oxygen atoms in total. The van der Waals surface area contributed by atoms with Crippen LogP contribution in [-0.2, 0) is 24.3 Å². The van der Waals surface area contributed by atoms with Gasteiger partial charge in [-0.05, 0) is 0 Å². The van der Waals surface area contributed by atoms with Crippen molar-refractivity contribution in [3.63, 3.8) is 0 Å². The van der Waals surface area contributed by atoms with Gasteiger partial charge in [-0.25, -0.2) is 8.42 Å². The fraction of sp³-hybridized carbons (Fsp3) is 0.667. The first-order valence-electron chi connectivity index (χ1n) is 6.92. The molecular weight excluding hydrogens is 328 g/mol. The fourth-order valence-corrected chi connectivity index (χ4v) is 3.58. The van der Waals surface area contributed by atoms with E-state index in [0.717, 1.165) is 4.31 Å². The van der Waals surface area contributed by atoms with Gasteiger partial charge < -0.3 is 19.9 Å². The van der Waals surface area contributed by atoms with Crippen LogP contribution in [0.3, 0.4) is 0 Å². The number of amides is 1. The molecule has 0 unspecified atom stereocenters. The zero-order chi connectivity index (χ0) is 16.9. The Morgan fingerprint density at radius 1 is 1.65 bits per heavy atom. The first-order valence-corrected chi connectivity index (χ1v) is 8.36. The highest BCUT2D eigenvalue weighted by Gasteiger charge is 2.38. The second-order valence-electron chi connectivity index (χ2n) is 5.26. The number of hydrogen-bond acceptors (Lipinski definition) is 7. The summed E-state index contributed by atoms with van der Waals surface area (Å²) in [4.78, 5) is 11.5. The maximum Gasteiger partial charge on any atom is 0.246 e. The van der Waals surface area contributed by atoms with E-state index in [9.17, 15) is 18.3 Å². The summed E-state index contributed by atoms with van der Waals surface area (Å²) in [6, 6.07) is 0. The Hall–Kier alpha value is -1.53. The Labute approximate surface area is 133 Å². The molecule has 1 aliphatic heterocycles. The van der Waals surface area contributed by atoms with Gasteiger partial charge in [-0.1, -0.05) is 0 Å². The number of ether oxygens (including phenoxy) is 2. The number of rotatable bonds is 6. The van der Waals surface area contributed by atoms with Gasteiger partial charge in [0.15, 0.2) is 0 Å². The number of aromatic amines is 1. The minimum absolute atomic E-state index is 0.00479. The van der Waals surface area contributed by atoms with Crippen molar-refractivity contribution in [3.8, 4) is 0 Å². The molecule has 130 valence electrons. The maximum atomic E-state index is 12.5. The van der Waals surface area contributed by atoms with E-state index < -0.39 is 21.5 Å². The number of H-pyrrole nitrogens is 1. The van der Waals surface area contributed by atoms with Crippen molar-refractivity contribution in [2.24, 2.45) is 0 Å². The van der Waals surface area contributed by atoms with E-state index in [2.05, 4.69) is 20.3 Å². The van der Waals surface area contributed by atoms with Gasteiger partial charge in [-0.15, -0.1) is 0 Å². The SMILES string of the molecule is COCC(=O)NC[C@@]1(O)COCCN(S(=O)(=O)c2cn[nH]c2)C1. The van der Waals surface area contributed by atoms with Gasteiger partial charge in [0, 0.05) is 32.9 Å². The number of carbonyl (C=O) groups excluding carboxylic acids is 1. The van der Waals surface area contributed by atoms with Crippen LogP contribution < -0.4 is 5.32 Å². The van der Waals surface area contributed by atoms with Crippen LogP contribution in [0, 0.1) is 0 Å². The molecule has 0 aromatic carbocycles. The van der Waals surface area contributed by atoms with Crippen LogP contribution in [0.15, 0.2) is 17.3 Å². The summed E-state index contributed by atoms with van der Waals surface area (Å²) in [6.45, 7) is -0.334. The van der Waals surface area contributed by atoms with Crippen LogP contribution in [-0.4, -0.2) is 86.1 Å². The molecular formula is C12H20N4O6S. The molecule has 2 heterocycles. The number of hydrogen-bond donors (Lipinski definition) is 3. The second kappa shape index (κ2) is 7.36. The first kappa shape index (κ1) is 17.8. The van der Waals surface area contributed by atoms with E-state index in [1.165, 1.54) is 19.5 Å². The van der Waals surface area contributed by atoms with Crippen molar-refractivity contribution in [3.05, 3.63) is 12.4 Å². The summed E-state index contributed by atoms with van der Waals surface area (Å²) < 4.78 is 36.1. The highest BCUT2D eigenvalue weighted by atomic mass is 32.2. The minimum Gasteiger partial charge on any atom is -0.384 e. The minimum atomic E-state index is -3.80. The Morgan fingerprint density at radius 2 is 2.43 bits per heavy atom. The Kier molecular flexibility index (Phi) is 5.70. The van der Waals surface area contributed by atoms with Crippen LogP contribution in [0.2, 0.25) is 0 Å². The van der Waals surface area contributed by atoms with Gasteiger partial charge >= 0.3 is 0 Å². The average Bonchev–Trinajstić information content (AvgIpc) is 2.97. The summed E-state index contributed by atoms with van der Waals surface area (Å²) in [6.07, 6.45) is 2.46. The number of β-amino-alcohol motifs (C(OH)–C–C–N with tert-alkyl or cyclic N) is 1. The Balaban J connectivity index is 2.09. The van der Waals surface area contributed by atoms with Crippen LogP contribution in [0.4, 0.5) is 0 Å². The zero-order valence-corrected chi connectivity index (χ0v) is 13.5. The van der Waals surface area contributed by atoms with Crippen molar-refractivity contribution >= 4 is 15.9 Å². The molecule has 0 bridgehead atoms. The summed E-state index contributed by atoms with van der Waals surface area (Å²) in [5.74, 6) is -0.408. The lowest BCUT2D eigenvalue weighted by molar-refractivity contribution is -0.126. The monoisotopic (exact) mass is 348 g/mol. The highest BCUT2D eigenvalue weighted by molar-refractivity contribution is 7.89. The highest BCUT2D eigenvalue weighted by Crippen LogP contribution is 2.19. The maximum absolute atomic E-state index is 12.5. The Morgan fingerprint density at radius 3 is 3.09 bits per heavy atom. The smallest absolute Gasteiger partial charge is 0.246 e. The molecule has 1 fully saturated rings. The number of nitrogens with zero attached hydrogens (tertiary/aromatic N) is 2. The van der Waals surface area contributed by atoms with Gasteiger partial charge in [-0.3, -0.25) is 9.89 Å². The average molecular weight is 348 g/mol. The summed E-state index contributed by atoms with van der Waals surface area (Å²) in [5, 5.41) is 19.2. The third-order valence-electron chi connectivity index (χ3n) is 3.33. The van der Waals surface area contributed by atoms with Crippen LogP contribution in [0.5, 0.6) is 0 Å². The van der Waals surface area contributed by atoms with Crippen molar-refractivity contribution < 1.29 is 27.8 Å². The molecule has 3 N–H and O–H groups in total. The van der Waals surface area contributed by atoms with Gasteiger partial charge in [0.2, 0.25) is 15.9 Å². The van der Waals surface area contributed by atoms with Crippen molar-refractivity contribution in [1.29, 1.82) is 0 Å². The predicted octanol–water partition coefficient (Wildman–Crippen LogP) is -2.08. The molecule has 0 saturated carbocycles.